The molecule has 1 aromatic carbocycles. The Balaban J connectivity index is 2.40. The van der Waals surface area contributed by atoms with E-state index in [2.05, 4.69) is 15.4 Å². The van der Waals surface area contributed by atoms with Crippen molar-refractivity contribution < 1.29 is 4.79 Å². The molecule has 1 amide bonds. The summed E-state index contributed by atoms with van der Waals surface area (Å²) >= 11 is 12.5. The predicted octanol–water partition coefficient (Wildman–Crippen LogP) is 2.43. The Bertz CT molecular complexity index is 681. The van der Waals surface area contributed by atoms with Gasteiger partial charge in [0, 0.05) is 26.6 Å². The number of carbonyl (C=O) groups is 1. The minimum absolute atomic E-state index is 0.136. The van der Waals surface area contributed by atoms with Crippen LogP contribution in [0.15, 0.2) is 18.2 Å². The highest BCUT2D eigenvalue weighted by molar-refractivity contribution is 6.37. The SMILES string of the molecule is CCc1nc(C(=O)N(C)CCNC)nn1-c1c(Cl)cccc1Cl. The van der Waals surface area contributed by atoms with Gasteiger partial charge in [-0.3, -0.25) is 4.79 Å². The van der Waals surface area contributed by atoms with E-state index >= 15 is 0 Å². The van der Waals surface area contributed by atoms with Crippen LogP contribution in [0.1, 0.15) is 23.4 Å². The quantitative estimate of drug-likeness (QED) is 0.864. The van der Waals surface area contributed by atoms with Crippen LogP contribution in [0.5, 0.6) is 0 Å². The Labute approximate surface area is 145 Å². The summed E-state index contributed by atoms with van der Waals surface area (Å²) in [6, 6.07) is 5.21. The molecule has 124 valence electrons. The fraction of sp³-hybridized carbons (Fsp3) is 0.400. The Kier molecular flexibility index (Phi) is 5.98. The van der Waals surface area contributed by atoms with Gasteiger partial charge in [0.2, 0.25) is 5.82 Å². The summed E-state index contributed by atoms with van der Waals surface area (Å²) < 4.78 is 1.55. The number of nitrogens with one attached hydrogen (secondary N) is 1. The molecular weight excluding hydrogens is 337 g/mol. The molecule has 23 heavy (non-hydrogen) atoms. The Morgan fingerprint density at radius 3 is 2.57 bits per heavy atom. The first kappa shape index (κ1) is 17.7. The lowest BCUT2D eigenvalue weighted by Gasteiger charge is -2.14. The number of likely N-dealkylation sites (N-methyl/N-ethyl adjacent to an activating group) is 2. The van der Waals surface area contributed by atoms with E-state index in [1.165, 1.54) is 0 Å². The number of rotatable bonds is 6. The lowest BCUT2D eigenvalue weighted by atomic mass is 10.3. The van der Waals surface area contributed by atoms with Crippen molar-refractivity contribution in [2.75, 3.05) is 27.2 Å². The van der Waals surface area contributed by atoms with Crippen molar-refractivity contribution in [3.05, 3.63) is 39.9 Å². The molecule has 0 spiro atoms. The molecule has 0 atom stereocenters. The van der Waals surface area contributed by atoms with Gasteiger partial charge in [0.05, 0.1) is 10.0 Å². The number of nitrogens with zero attached hydrogens (tertiary/aromatic N) is 4. The van der Waals surface area contributed by atoms with Gasteiger partial charge in [-0.15, -0.1) is 5.10 Å². The maximum Gasteiger partial charge on any atom is 0.293 e. The van der Waals surface area contributed by atoms with Crippen LogP contribution in [0.3, 0.4) is 0 Å². The van der Waals surface area contributed by atoms with Gasteiger partial charge in [-0.1, -0.05) is 36.2 Å². The van der Waals surface area contributed by atoms with Crippen molar-refractivity contribution in [1.29, 1.82) is 0 Å². The monoisotopic (exact) mass is 355 g/mol. The summed E-state index contributed by atoms with van der Waals surface area (Å²) in [4.78, 5) is 18.3. The van der Waals surface area contributed by atoms with E-state index in [1.807, 2.05) is 14.0 Å². The molecule has 6 nitrogen and oxygen atoms in total. The maximum absolute atomic E-state index is 12.4. The summed E-state index contributed by atoms with van der Waals surface area (Å²) in [6.07, 6.45) is 0.599. The van der Waals surface area contributed by atoms with Crippen molar-refractivity contribution in [2.24, 2.45) is 0 Å². The molecule has 0 unspecified atom stereocenters. The molecule has 0 aliphatic heterocycles. The highest BCUT2D eigenvalue weighted by Crippen LogP contribution is 2.28. The van der Waals surface area contributed by atoms with Crippen LogP contribution < -0.4 is 5.32 Å². The maximum atomic E-state index is 12.4. The molecule has 0 aliphatic carbocycles. The molecule has 0 aliphatic rings. The molecule has 0 radical (unpaired) electrons. The highest BCUT2D eigenvalue weighted by Gasteiger charge is 2.21. The number of aromatic nitrogens is 3. The van der Waals surface area contributed by atoms with Crippen molar-refractivity contribution in [3.63, 3.8) is 0 Å². The van der Waals surface area contributed by atoms with Gasteiger partial charge < -0.3 is 10.2 Å². The summed E-state index contributed by atoms with van der Waals surface area (Å²) in [6.45, 7) is 3.20. The third kappa shape index (κ3) is 3.83. The second-order valence-corrected chi connectivity index (χ2v) is 5.83. The molecular formula is C15H19Cl2N5O. The summed E-state index contributed by atoms with van der Waals surface area (Å²) in [5, 5.41) is 8.24. The van der Waals surface area contributed by atoms with E-state index in [1.54, 1.807) is 34.8 Å². The lowest BCUT2D eigenvalue weighted by Crippen LogP contribution is -2.33. The van der Waals surface area contributed by atoms with Gasteiger partial charge in [0.15, 0.2) is 0 Å². The number of hydrogen-bond acceptors (Lipinski definition) is 4. The first-order chi connectivity index (χ1) is 11.0. The standard InChI is InChI=1S/C15H19Cl2N5O/c1-4-12-19-14(15(23)21(3)9-8-18-2)20-22(12)13-10(16)6-5-7-11(13)17/h5-7,18H,4,8-9H2,1-3H3. The fourth-order valence-electron chi connectivity index (χ4n) is 2.09. The highest BCUT2D eigenvalue weighted by atomic mass is 35.5. The molecule has 0 bridgehead atoms. The van der Waals surface area contributed by atoms with Crippen LogP contribution in [0, 0.1) is 0 Å². The zero-order valence-corrected chi connectivity index (χ0v) is 14.8. The smallest absolute Gasteiger partial charge is 0.293 e. The predicted molar refractivity (Wildman–Crippen MR) is 91.6 cm³/mol. The molecule has 0 saturated carbocycles. The Morgan fingerprint density at radius 1 is 1.35 bits per heavy atom. The van der Waals surface area contributed by atoms with Crippen molar-refractivity contribution in [2.45, 2.75) is 13.3 Å². The molecule has 0 saturated heterocycles. The molecule has 1 aromatic heterocycles. The van der Waals surface area contributed by atoms with E-state index in [0.29, 0.717) is 41.1 Å². The lowest BCUT2D eigenvalue weighted by molar-refractivity contribution is 0.0785. The molecule has 0 fully saturated rings. The van der Waals surface area contributed by atoms with E-state index in [-0.39, 0.29) is 11.7 Å². The molecule has 1 N–H and O–H groups in total. The third-order valence-corrected chi connectivity index (χ3v) is 3.98. The Morgan fingerprint density at radius 2 is 2.00 bits per heavy atom. The van der Waals surface area contributed by atoms with Crippen molar-refractivity contribution in [1.82, 2.24) is 25.0 Å². The average molecular weight is 356 g/mol. The summed E-state index contributed by atoms with van der Waals surface area (Å²) in [5.74, 6) is 0.527. The minimum Gasteiger partial charge on any atom is -0.338 e. The first-order valence-corrected chi connectivity index (χ1v) is 8.05. The van der Waals surface area contributed by atoms with Crippen LogP contribution >= 0.6 is 23.2 Å². The molecule has 2 aromatic rings. The Hall–Kier alpha value is -1.63. The molecule has 8 heteroatoms. The number of carbonyl (C=O) groups excluding carboxylic acids is 1. The van der Waals surface area contributed by atoms with Crippen molar-refractivity contribution >= 4 is 29.1 Å². The van der Waals surface area contributed by atoms with Crippen LogP contribution in [-0.2, 0) is 6.42 Å². The van der Waals surface area contributed by atoms with Gasteiger partial charge in [-0.2, -0.15) is 0 Å². The van der Waals surface area contributed by atoms with E-state index < -0.39 is 0 Å². The third-order valence-electron chi connectivity index (χ3n) is 3.37. The van der Waals surface area contributed by atoms with Crippen LogP contribution in [0.2, 0.25) is 10.0 Å². The number of hydrogen-bond donors (Lipinski definition) is 1. The zero-order valence-electron chi connectivity index (χ0n) is 13.3. The summed E-state index contributed by atoms with van der Waals surface area (Å²) in [7, 11) is 3.55. The van der Waals surface area contributed by atoms with Crippen LogP contribution in [0.4, 0.5) is 0 Å². The van der Waals surface area contributed by atoms with Gasteiger partial charge in [0.1, 0.15) is 11.5 Å². The molecule has 2 rings (SSSR count). The average Bonchev–Trinajstić information content (AvgIpc) is 2.95. The van der Waals surface area contributed by atoms with E-state index in [0.717, 1.165) is 0 Å². The van der Waals surface area contributed by atoms with Crippen LogP contribution in [0.25, 0.3) is 5.69 Å². The number of amides is 1. The first-order valence-electron chi connectivity index (χ1n) is 7.30. The molecule has 1 heterocycles. The summed E-state index contributed by atoms with van der Waals surface area (Å²) in [5.41, 5.74) is 0.539. The van der Waals surface area contributed by atoms with Gasteiger partial charge in [-0.05, 0) is 19.2 Å². The second-order valence-electron chi connectivity index (χ2n) is 5.02. The minimum atomic E-state index is -0.239. The number of halogens is 2. The number of aryl methyl sites for hydroxylation is 1. The van der Waals surface area contributed by atoms with E-state index in [4.69, 9.17) is 23.2 Å². The van der Waals surface area contributed by atoms with E-state index in [9.17, 15) is 4.79 Å². The largest absolute Gasteiger partial charge is 0.338 e. The fourth-order valence-corrected chi connectivity index (χ4v) is 2.64. The second kappa shape index (κ2) is 7.77. The van der Waals surface area contributed by atoms with Crippen molar-refractivity contribution in [3.8, 4) is 5.69 Å². The number of para-hydroxylation sites is 1. The zero-order chi connectivity index (χ0) is 17.0. The van der Waals surface area contributed by atoms with Crippen LogP contribution in [-0.4, -0.2) is 52.8 Å². The van der Waals surface area contributed by atoms with Gasteiger partial charge in [0.25, 0.3) is 5.91 Å². The number of benzene rings is 1. The van der Waals surface area contributed by atoms with Gasteiger partial charge in [-0.25, -0.2) is 9.67 Å². The van der Waals surface area contributed by atoms with Gasteiger partial charge >= 0.3 is 0 Å². The normalized spacial score (nSPS) is 10.8. The topological polar surface area (TPSA) is 63.1 Å².